The summed E-state index contributed by atoms with van der Waals surface area (Å²) in [6.45, 7) is 6.09. The molecular weight excluding hydrogens is 142 g/mol. The van der Waals surface area contributed by atoms with E-state index in [-0.39, 0.29) is 11.8 Å². The Kier molecular flexibility index (Phi) is 2.15. The minimum atomic E-state index is -0.370. The van der Waals surface area contributed by atoms with E-state index in [1.807, 2.05) is 6.92 Å². The van der Waals surface area contributed by atoms with Gasteiger partial charge in [-0.2, -0.15) is 0 Å². The van der Waals surface area contributed by atoms with E-state index in [1.165, 1.54) is 0 Å². The number of nitrogens with zero attached hydrogens (tertiary/aromatic N) is 1. The van der Waals surface area contributed by atoms with Crippen molar-refractivity contribution >= 4 is 6.21 Å². The second-order valence-electron chi connectivity index (χ2n) is 3.34. The van der Waals surface area contributed by atoms with Gasteiger partial charge in [-0.05, 0) is 20.8 Å². The summed E-state index contributed by atoms with van der Waals surface area (Å²) in [6.07, 6.45) is 1.34. The molecule has 3 N–H and O–H groups in total. The zero-order valence-corrected chi connectivity index (χ0v) is 7.16. The zero-order chi connectivity index (χ0) is 8.48. The van der Waals surface area contributed by atoms with Crippen molar-refractivity contribution in [3.05, 3.63) is 0 Å². The van der Waals surface area contributed by atoms with Crippen LogP contribution in [0.4, 0.5) is 0 Å². The molecule has 0 saturated carbocycles. The van der Waals surface area contributed by atoms with Crippen LogP contribution in [0.3, 0.4) is 0 Å². The van der Waals surface area contributed by atoms with Gasteiger partial charge < -0.3 is 10.2 Å². The molecule has 4 heteroatoms. The van der Waals surface area contributed by atoms with Crippen LogP contribution in [0, 0.1) is 0 Å². The third-order valence-electron chi connectivity index (χ3n) is 1.69. The first-order chi connectivity index (χ1) is 5.04. The standard InChI is InChI=1S/C7H15N3O/c1-5(2)10-7(3)4-9-11-6(7)8/h4-6,10H,8H2,1-3H3. The molecule has 0 bridgehead atoms. The number of rotatable bonds is 2. The van der Waals surface area contributed by atoms with Crippen LogP contribution < -0.4 is 11.1 Å². The fraction of sp³-hybridized carbons (Fsp3) is 0.857. The second kappa shape index (κ2) is 2.79. The molecule has 0 amide bonds. The Labute approximate surface area is 66.8 Å². The van der Waals surface area contributed by atoms with Gasteiger partial charge in [-0.15, -0.1) is 0 Å². The van der Waals surface area contributed by atoms with Crippen LogP contribution in [0.2, 0.25) is 0 Å². The topological polar surface area (TPSA) is 59.6 Å². The number of hydrogen-bond donors (Lipinski definition) is 2. The molecule has 1 aliphatic heterocycles. The molecule has 1 rings (SSSR count). The maximum Gasteiger partial charge on any atom is 0.199 e. The van der Waals surface area contributed by atoms with E-state index < -0.39 is 0 Å². The molecule has 0 aromatic heterocycles. The molecule has 0 aromatic carbocycles. The molecule has 2 unspecified atom stereocenters. The van der Waals surface area contributed by atoms with E-state index >= 15 is 0 Å². The van der Waals surface area contributed by atoms with Gasteiger partial charge in [0.25, 0.3) is 0 Å². The molecule has 0 spiro atoms. The van der Waals surface area contributed by atoms with Crippen molar-refractivity contribution in [3.8, 4) is 0 Å². The van der Waals surface area contributed by atoms with E-state index in [2.05, 4.69) is 24.3 Å². The number of nitrogens with one attached hydrogen (secondary N) is 1. The van der Waals surface area contributed by atoms with Crippen molar-refractivity contribution in [3.63, 3.8) is 0 Å². The molecule has 0 saturated heterocycles. The summed E-state index contributed by atoms with van der Waals surface area (Å²) in [5, 5.41) is 6.93. The predicted molar refractivity (Wildman–Crippen MR) is 44.2 cm³/mol. The predicted octanol–water partition coefficient (Wildman–Crippen LogP) is 0.0439. The van der Waals surface area contributed by atoms with Crippen LogP contribution >= 0.6 is 0 Å². The van der Waals surface area contributed by atoms with Crippen molar-refractivity contribution in [1.82, 2.24) is 5.32 Å². The monoisotopic (exact) mass is 157 g/mol. The summed E-state index contributed by atoms with van der Waals surface area (Å²) in [7, 11) is 0. The van der Waals surface area contributed by atoms with Gasteiger partial charge in [0, 0.05) is 6.04 Å². The molecule has 0 fully saturated rings. The van der Waals surface area contributed by atoms with Gasteiger partial charge in [0.05, 0.1) is 6.21 Å². The van der Waals surface area contributed by atoms with Gasteiger partial charge in [-0.25, -0.2) is 0 Å². The first kappa shape index (κ1) is 8.49. The number of nitrogens with two attached hydrogens (primary N) is 1. The lowest BCUT2D eigenvalue weighted by Gasteiger charge is -2.27. The van der Waals surface area contributed by atoms with E-state index in [0.29, 0.717) is 6.04 Å². The Hall–Kier alpha value is -0.610. The largest absolute Gasteiger partial charge is 0.375 e. The molecule has 4 nitrogen and oxygen atoms in total. The minimum absolute atomic E-state index is 0.311. The summed E-state index contributed by atoms with van der Waals surface area (Å²) in [5.74, 6) is 0. The van der Waals surface area contributed by atoms with Crippen LogP contribution in [-0.2, 0) is 4.84 Å². The summed E-state index contributed by atoms with van der Waals surface area (Å²) < 4.78 is 0. The normalized spacial score (nSPS) is 36.3. The number of hydrogen-bond acceptors (Lipinski definition) is 4. The van der Waals surface area contributed by atoms with Crippen LogP contribution in [0.25, 0.3) is 0 Å². The van der Waals surface area contributed by atoms with Crippen LogP contribution in [0.15, 0.2) is 5.16 Å². The van der Waals surface area contributed by atoms with Gasteiger partial charge in [-0.3, -0.25) is 5.73 Å². The summed E-state index contributed by atoms with van der Waals surface area (Å²) >= 11 is 0. The molecular formula is C7H15N3O. The Morgan fingerprint density at radius 1 is 1.73 bits per heavy atom. The highest BCUT2D eigenvalue weighted by Crippen LogP contribution is 2.14. The highest BCUT2D eigenvalue weighted by Gasteiger charge is 2.36. The van der Waals surface area contributed by atoms with Gasteiger partial charge >= 0.3 is 0 Å². The van der Waals surface area contributed by atoms with Crippen molar-refractivity contribution in [2.24, 2.45) is 10.9 Å². The third kappa shape index (κ3) is 1.70. The third-order valence-corrected chi connectivity index (χ3v) is 1.69. The summed E-state index contributed by atoms with van der Waals surface area (Å²) in [4.78, 5) is 4.85. The molecule has 11 heavy (non-hydrogen) atoms. The van der Waals surface area contributed by atoms with Crippen molar-refractivity contribution in [2.75, 3.05) is 0 Å². The minimum Gasteiger partial charge on any atom is -0.375 e. The Balaban J connectivity index is 2.58. The molecule has 0 aliphatic carbocycles. The maximum absolute atomic E-state index is 5.65. The van der Waals surface area contributed by atoms with Crippen LogP contribution in [0.5, 0.6) is 0 Å². The van der Waals surface area contributed by atoms with Gasteiger partial charge in [0.2, 0.25) is 0 Å². The average Bonchev–Trinajstić information content (AvgIpc) is 2.11. The molecule has 2 atom stereocenters. The maximum atomic E-state index is 5.65. The Morgan fingerprint density at radius 2 is 2.36 bits per heavy atom. The van der Waals surface area contributed by atoms with Gasteiger partial charge in [0.15, 0.2) is 6.23 Å². The Morgan fingerprint density at radius 3 is 2.73 bits per heavy atom. The van der Waals surface area contributed by atoms with E-state index in [9.17, 15) is 0 Å². The van der Waals surface area contributed by atoms with Crippen molar-refractivity contribution in [1.29, 1.82) is 0 Å². The fourth-order valence-corrected chi connectivity index (χ4v) is 1.13. The van der Waals surface area contributed by atoms with E-state index in [0.717, 1.165) is 0 Å². The first-order valence-electron chi connectivity index (χ1n) is 3.78. The van der Waals surface area contributed by atoms with Gasteiger partial charge in [-0.1, -0.05) is 5.16 Å². The lowest BCUT2D eigenvalue weighted by Crippen LogP contribution is -2.57. The second-order valence-corrected chi connectivity index (χ2v) is 3.34. The first-order valence-corrected chi connectivity index (χ1v) is 3.78. The van der Waals surface area contributed by atoms with Crippen LogP contribution in [-0.4, -0.2) is 24.0 Å². The molecule has 0 aromatic rings. The van der Waals surface area contributed by atoms with Crippen molar-refractivity contribution < 1.29 is 4.84 Å². The van der Waals surface area contributed by atoms with E-state index in [1.54, 1.807) is 6.21 Å². The molecule has 1 heterocycles. The number of oxime groups is 1. The fourth-order valence-electron chi connectivity index (χ4n) is 1.13. The molecule has 0 radical (unpaired) electrons. The highest BCUT2D eigenvalue weighted by atomic mass is 16.7. The lowest BCUT2D eigenvalue weighted by molar-refractivity contribution is 0.0486. The lowest BCUT2D eigenvalue weighted by atomic mass is 10.0. The van der Waals surface area contributed by atoms with Crippen molar-refractivity contribution in [2.45, 2.75) is 38.6 Å². The van der Waals surface area contributed by atoms with Crippen LogP contribution in [0.1, 0.15) is 20.8 Å². The zero-order valence-electron chi connectivity index (χ0n) is 7.16. The SMILES string of the molecule is CC(C)NC1(C)C=NOC1N. The molecule has 1 aliphatic rings. The average molecular weight is 157 g/mol. The summed E-state index contributed by atoms with van der Waals surface area (Å²) in [6, 6.07) is 0.374. The summed E-state index contributed by atoms with van der Waals surface area (Å²) in [5.41, 5.74) is 5.34. The quantitative estimate of drug-likeness (QED) is 0.595. The smallest absolute Gasteiger partial charge is 0.199 e. The van der Waals surface area contributed by atoms with Gasteiger partial charge in [0.1, 0.15) is 5.54 Å². The molecule has 64 valence electrons. The Bertz CT molecular complexity index is 169. The van der Waals surface area contributed by atoms with E-state index in [4.69, 9.17) is 10.6 Å². The highest BCUT2D eigenvalue weighted by molar-refractivity contribution is 5.71.